The van der Waals surface area contributed by atoms with Crippen LogP contribution in [0.25, 0.3) is 22.4 Å². The van der Waals surface area contributed by atoms with Gasteiger partial charge in [-0.3, -0.25) is 0 Å². The number of anilines is 2. The number of aliphatic hydroxyl groups excluding tert-OH is 1. The van der Waals surface area contributed by atoms with Crippen LogP contribution < -0.4 is 9.64 Å². The van der Waals surface area contributed by atoms with Gasteiger partial charge in [-0.2, -0.15) is 13.2 Å². The summed E-state index contributed by atoms with van der Waals surface area (Å²) in [5.41, 5.74) is 2.16. The third kappa shape index (κ3) is 3.83. The van der Waals surface area contributed by atoms with Gasteiger partial charge >= 0.3 is 6.18 Å². The smallest absolute Gasteiger partial charge is 0.416 e. The van der Waals surface area contributed by atoms with Gasteiger partial charge in [0.2, 0.25) is 0 Å². The minimum Gasteiger partial charge on any atom is -0.488 e. The third-order valence-electron chi connectivity index (χ3n) is 5.51. The Hall–Kier alpha value is -3.11. The first-order valence-electron chi connectivity index (χ1n) is 10.1. The highest BCUT2D eigenvalue weighted by Gasteiger charge is 2.33. The molecule has 0 spiro atoms. The molecule has 4 aromatic rings. The van der Waals surface area contributed by atoms with Crippen LogP contribution in [0.3, 0.4) is 0 Å². The molecule has 33 heavy (non-hydrogen) atoms. The molecule has 170 valence electrons. The van der Waals surface area contributed by atoms with E-state index in [0.717, 1.165) is 17.7 Å². The number of nitrogens with one attached hydrogen (secondary N) is 1. The summed E-state index contributed by atoms with van der Waals surface area (Å²) in [5, 5.41) is 9.94. The molecule has 2 aromatic heterocycles. The van der Waals surface area contributed by atoms with Crippen molar-refractivity contribution in [1.82, 2.24) is 15.0 Å². The van der Waals surface area contributed by atoms with E-state index in [1.54, 1.807) is 12.3 Å². The summed E-state index contributed by atoms with van der Waals surface area (Å²) in [7, 11) is 0. The maximum absolute atomic E-state index is 13.2. The molecule has 2 N–H and O–H groups in total. The predicted molar refractivity (Wildman–Crippen MR) is 122 cm³/mol. The lowest BCUT2D eigenvalue weighted by atomic mass is 10.1. The average Bonchev–Trinajstić information content (AvgIpc) is 3.23. The molecule has 3 heterocycles. The summed E-state index contributed by atoms with van der Waals surface area (Å²) in [6, 6.07) is 11.0. The molecule has 0 saturated heterocycles. The number of aryl methyl sites for hydroxylation is 1. The maximum Gasteiger partial charge on any atom is 0.416 e. The van der Waals surface area contributed by atoms with E-state index in [0.29, 0.717) is 34.2 Å². The van der Waals surface area contributed by atoms with Crippen molar-refractivity contribution in [2.75, 3.05) is 18.1 Å². The van der Waals surface area contributed by atoms with Crippen molar-refractivity contribution in [1.29, 1.82) is 0 Å². The summed E-state index contributed by atoms with van der Waals surface area (Å²) in [4.78, 5) is 13.9. The minimum atomic E-state index is -4.47. The number of benzene rings is 2. The fourth-order valence-electron chi connectivity index (χ4n) is 3.92. The van der Waals surface area contributed by atoms with E-state index in [9.17, 15) is 18.3 Å². The quantitative estimate of drug-likeness (QED) is 0.369. The van der Waals surface area contributed by atoms with Gasteiger partial charge in [0.15, 0.2) is 5.75 Å². The van der Waals surface area contributed by atoms with Gasteiger partial charge in [0, 0.05) is 10.7 Å². The van der Waals surface area contributed by atoms with Crippen LogP contribution in [0.1, 0.15) is 11.1 Å². The third-order valence-corrected chi connectivity index (χ3v) is 6.12. The summed E-state index contributed by atoms with van der Waals surface area (Å²) < 4.78 is 46.0. The normalized spacial score (nSPS) is 16.1. The lowest BCUT2D eigenvalue weighted by Gasteiger charge is -2.37. The largest absolute Gasteiger partial charge is 0.488 e. The van der Waals surface area contributed by atoms with Crippen molar-refractivity contribution in [2.45, 2.75) is 19.1 Å². The van der Waals surface area contributed by atoms with Gasteiger partial charge < -0.3 is 19.7 Å². The first-order valence-corrected chi connectivity index (χ1v) is 10.9. The van der Waals surface area contributed by atoms with Crippen LogP contribution in [-0.4, -0.2) is 39.3 Å². The summed E-state index contributed by atoms with van der Waals surface area (Å²) in [5.74, 6) is 1.54. The first kappa shape index (κ1) is 21.7. The van der Waals surface area contributed by atoms with E-state index in [-0.39, 0.29) is 29.2 Å². The molecule has 0 bridgehead atoms. The van der Waals surface area contributed by atoms with Gasteiger partial charge in [0.1, 0.15) is 23.8 Å². The van der Waals surface area contributed by atoms with Crippen LogP contribution in [-0.2, 0) is 6.18 Å². The number of imidazole rings is 1. The number of aromatic amines is 1. The monoisotopic (exact) mass is 518 g/mol. The summed E-state index contributed by atoms with van der Waals surface area (Å²) in [6.07, 6.45) is -2.73. The van der Waals surface area contributed by atoms with E-state index in [2.05, 4.69) is 30.9 Å². The molecule has 1 aliphatic rings. The van der Waals surface area contributed by atoms with Crippen LogP contribution in [0.2, 0.25) is 0 Å². The van der Waals surface area contributed by atoms with Crippen molar-refractivity contribution >= 4 is 38.5 Å². The van der Waals surface area contributed by atoms with E-state index in [1.165, 1.54) is 0 Å². The molecule has 5 rings (SSSR count). The zero-order valence-electron chi connectivity index (χ0n) is 17.3. The number of pyridine rings is 1. The van der Waals surface area contributed by atoms with E-state index in [4.69, 9.17) is 4.74 Å². The molecule has 1 aliphatic heterocycles. The highest BCUT2D eigenvalue weighted by Crippen LogP contribution is 2.44. The second-order valence-electron chi connectivity index (χ2n) is 7.80. The van der Waals surface area contributed by atoms with Crippen LogP contribution in [0, 0.1) is 6.92 Å². The molecule has 0 aliphatic carbocycles. The average molecular weight is 519 g/mol. The lowest BCUT2D eigenvalue weighted by Crippen LogP contribution is -2.43. The fraction of sp³-hybridized carbons (Fsp3) is 0.217. The SMILES string of the molecule is Cc1ccc(N2c3cccc(-c4nc5c(Br)cc(C(F)(F)F)cc5[nH]4)c3OCC2CO)nc1. The van der Waals surface area contributed by atoms with E-state index < -0.39 is 11.7 Å². The van der Waals surface area contributed by atoms with Gasteiger partial charge in [0.25, 0.3) is 0 Å². The number of rotatable bonds is 3. The Morgan fingerprint density at radius 3 is 2.76 bits per heavy atom. The number of nitrogens with zero attached hydrogens (tertiary/aromatic N) is 3. The number of hydrogen-bond acceptors (Lipinski definition) is 5. The highest BCUT2D eigenvalue weighted by molar-refractivity contribution is 9.10. The fourth-order valence-corrected chi connectivity index (χ4v) is 4.47. The van der Waals surface area contributed by atoms with E-state index in [1.807, 2.05) is 36.1 Å². The van der Waals surface area contributed by atoms with Crippen LogP contribution >= 0.6 is 15.9 Å². The van der Waals surface area contributed by atoms with E-state index >= 15 is 0 Å². The van der Waals surface area contributed by atoms with Gasteiger partial charge in [-0.25, -0.2) is 9.97 Å². The second kappa shape index (κ2) is 8.03. The standard InChI is InChI=1S/C23H18BrF3N4O2/c1-12-5-6-19(28-9-12)31-14(10-32)11-33-21-15(3-2-4-18(21)31)22-29-17-8-13(23(25,26)27)7-16(24)20(17)30-22/h2-9,14,32H,10-11H2,1H3,(H,29,30). The Morgan fingerprint density at radius 1 is 1.24 bits per heavy atom. The summed E-state index contributed by atoms with van der Waals surface area (Å²) in [6.45, 7) is 2.00. The Bertz CT molecular complexity index is 1340. The lowest BCUT2D eigenvalue weighted by molar-refractivity contribution is -0.137. The number of ether oxygens (including phenoxy) is 1. The predicted octanol–water partition coefficient (Wildman–Crippen LogP) is 5.61. The van der Waals surface area contributed by atoms with Crippen molar-refractivity contribution < 1.29 is 23.0 Å². The second-order valence-corrected chi connectivity index (χ2v) is 8.66. The minimum absolute atomic E-state index is 0.142. The Balaban J connectivity index is 1.64. The van der Waals surface area contributed by atoms with Crippen molar-refractivity contribution in [3.05, 3.63) is 64.3 Å². The number of H-pyrrole nitrogens is 1. The molecular weight excluding hydrogens is 501 g/mol. The number of aliphatic hydroxyl groups is 1. The molecule has 6 nitrogen and oxygen atoms in total. The van der Waals surface area contributed by atoms with Crippen molar-refractivity contribution in [3.63, 3.8) is 0 Å². The zero-order valence-corrected chi connectivity index (χ0v) is 18.9. The molecule has 2 aromatic carbocycles. The zero-order chi connectivity index (χ0) is 23.3. The molecule has 10 heteroatoms. The molecule has 0 radical (unpaired) electrons. The van der Waals surface area contributed by atoms with Crippen molar-refractivity contribution in [3.8, 4) is 17.1 Å². The summed E-state index contributed by atoms with van der Waals surface area (Å²) >= 11 is 3.21. The van der Waals surface area contributed by atoms with Crippen LogP contribution in [0.15, 0.2) is 53.1 Å². The molecule has 0 amide bonds. The number of aromatic nitrogens is 3. The first-order chi connectivity index (χ1) is 15.8. The maximum atomic E-state index is 13.2. The van der Waals surface area contributed by atoms with Gasteiger partial charge in [-0.15, -0.1) is 0 Å². The number of para-hydroxylation sites is 1. The van der Waals surface area contributed by atoms with Crippen LogP contribution in [0.5, 0.6) is 5.75 Å². The van der Waals surface area contributed by atoms with Gasteiger partial charge in [-0.05, 0) is 58.7 Å². The highest BCUT2D eigenvalue weighted by atomic mass is 79.9. The Labute approximate surface area is 195 Å². The number of fused-ring (bicyclic) bond motifs is 2. The Morgan fingerprint density at radius 2 is 2.06 bits per heavy atom. The Kier molecular flexibility index (Phi) is 5.29. The van der Waals surface area contributed by atoms with Gasteiger partial charge in [0.05, 0.1) is 35.0 Å². The molecular formula is C23H18BrF3N4O2. The topological polar surface area (TPSA) is 74.3 Å². The number of halogens is 4. The van der Waals surface area contributed by atoms with Crippen LogP contribution in [0.4, 0.5) is 24.7 Å². The molecule has 1 atom stereocenters. The van der Waals surface area contributed by atoms with Gasteiger partial charge in [-0.1, -0.05) is 12.1 Å². The number of alkyl halides is 3. The molecule has 1 unspecified atom stereocenters. The number of hydrogen-bond donors (Lipinski definition) is 2. The molecule has 0 fully saturated rings. The van der Waals surface area contributed by atoms with Crippen molar-refractivity contribution in [2.24, 2.45) is 0 Å². The molecule has 0 saturated carbocycles.